The van der Waals surface area contributed by atoms with Crippen molar-refractivity contribution in [3.63, 3.8) is 0 Å². The minimum atomic E-state index is -1.03. The number of aliphatic carboxylic acids is 1. The molecule has 2 aromatic rings. The van der Waals surface area contributed by atoms with Crippen LogP contribution in [0, 0.1) is 5.41 Å². The first-order valence-corrected chi connectivity index (χ1v) is 7.62. The highest BCUT2D eigenvalue weighted by atomic mass is 16.5. The summed E-state index contributed by atoms with van der Waals surface area (Å²) in [6.07, 6.45) is 0.861. The van der Waals surface area contributed by atoms with Gasteiger partial charge in [0.05, 0.1) is 0 Å². The largest absolute Gasteiger partial charge is 0.482 e. The Bertz CT molecular complexity index is 755. The highest BCUT2D eigenvalue weighted by Crippen LogP contribution is 2.14. The Morgan fingerprint density at radius 2 is 1.72 bits per heavy atom. The van der Waals surface area contributed by atoms with E-state index < -0.39 is 5.97 Å². The molecule has 0 aliphatic carbocycles. The molecule has 0 bridgehead atoms. The highest BCUT2D eigenvalue weighted by Gasteiger charge is 2.05. The van der Waals surface area contributed by atoms with Crippen molar-refractivity contribution < 1.29 is 19.4 Å². The quantitative estimate of drug-likeness (QED) is 0.432. The number of aryl methyl sites for hydroxylation is 1. The number of nitrogens with one attached hydrogen (secondary N) is 2. The number of rotatable bonds is 8. The van der Waals surface area contributed by atoms with Crippen molar-refractivity contribution in [1.29, 1.82) is 5.41 Å². The summed E-state index contributed by atoms with van der Waals surface area (Å²) < 4.78 is 5.05. The van der Waals surface area contributed by atoms with Gasteiger partial charge in [-0.1, -0.05) is 12.1 Å². The lowest BCUT2D eigenvalue weighted by atomic mass is 10.1. The van der Waals surface area contributed by atoms with Gasteiger partial charge in [0, 0.05) is 17.7 Å². The number of carboxylic acid groups (broad SMARTS) is 1. The maximum Gasteiger partial charge on any atom is 0.341 e. The van der Waals surface area contributed by atoms with E-state index in [4.69, 9.17) is 21.0 Å². The topological polar surface area (TPSA) is 126 Å². The molecule has 0 spiro atoms. The van der Waals surface area contributed by atoms with Crippen molar-refractivity contribution in [1.82, 2.24) is 0 Å². The van der Waals surface area contributed by atoms with E-state index in [0.717, 1.165) is 5.56 Å². The maximum absolute atomic E-state index is 12.0. The number of carbonyl (C=O) groups is 2. The molecule has 0 unspecified atom stereocenters. The van der Waals surface area contributed by atoms with Crippen LogP contribution in [0.4, 0.5) is 5.69 Å². The van der Waals surface area contributed by atoms with Crippen molar-refractivity contribution >= 4 is 23.4 Å². The lowest BCUT2D eigenvalue weighted by molar-refractivity contribution is -0.139. The number of hydrogen-bond acceptors (Lipinski definition) is 4. The number of carboxylic acids is 1. The Morgan fingerprint density at radius 1 is 1.08 bits per heavy atom. The van der Waals surface area contributed by atoms with E-state index in [1.807, 2.05) is 0 Å². The van der Waals surface area contributed by atoms with Gasteiger partial charge in [0.15, 0.2) is 6.61 Å². The van der Waals surface area contributed by atoms with Gasteiger partial charge in [-0.3, -0.25) is 10.2 Å². The Kier molecular flexibility index (Phi) is 6.11. The van der Waals surface area contributed by atoms with Crippen molar-refractivity contribution in [2.45, 2.75) is 12.8 Å². The third kappa shape index (κ3) is 5.98. The normalized spacial score (nSPS) is 10.1. The molecule has 0 aliphatic heterocycles. The summed E-state index contributed by atoms with van der Waals surface area (Å²) in [5.74, 6) is -0.700. The van der Waals surface area contributed by atoms with Gasteiger partial charge in [-0.25, -0.2) is 4.79 Å². The van der Waals surface area contributed by atoms with Crippen molar-refractivity contribution in [3.05, 3.63) is 59.7 Å². The molecule has 0 fully saturated rings. The molecule has 1 amide bonds. The first kappa shape index (κ1) is 18.0. The molecule has 7 heteroatoms. The second-order valence-corrected chi connectivity index (χ2v) is 5.37. The number of amides is 1. The lowest BCUT2D eigenvalue weighted by Crippen LogP contribution is -2.13. The number of nitrogen functional groups attached to an aromatic ring is 1. The van der Waals surface area contributed by atoms with Gasteiger partial charge in [0.25, 0.3) is 0 Å². The van der Waals surface area contributed by atoms with E-state index >= 15 is 0 Å². The summed E-state index contributed by atoms with van der Waals surface area (Å²) in [5.41, 5.74) is 7.57. The predicted molar refractivity (Wildman–Crippen MR) is 94.0 cm³/mol. The number of anilines is 1. The number of amidine groups is 1. The third-order valence-electron chi connectivity index (χ3n) is 3.41. The summed E-state index contributed by atoms with van der Waals surface area (Å²) >= 11 is 0. The second kappa shape index (κ2) is 8.49. The van der Waals surface area contributed by atoms with E-state index in [1.165, 1.54) is 0 Å². The molecule has 0 saturated carbocycles. The van der Waals surface area contributed by atoms with Gasteiger partial charge in [0.2, 0.25) is 5.91 Å². The zero-order chi connectivity index (χ0) is 18.2. The molecule has 0 aromatic heterocycles. The van der Waals surface area contributed by atoms with Crippen molar-refractivity contribution in [2.24, 2.45) is 5.73 Å². The fourth-order valence-corrected chi connectivity index (χ4v) is 2.11. The number of hydrogen-bond donors (Lipinski definition) is 4. The smallest absolute Gasteiger partial charge is 0.341 e. The van der Waals surface area contributed by atoms with Crippen LogP contribution < -0.4 is 15.8 Å². The molecule has 25 heavy (non-hydrogen) atoms. The Labute approximate surface area is 144 Å². The van der Waals surface area contributed by atoms with Gasteiger partial charge in [-0.15, -0.1) is 0 Å². The third-order valence-corrected chi connectivity index (χ3v) is 3.41. The van der Waals surface area contributed by atoms with E-state index in [-0.39, 0.29) is 18.3 Å². The molecule has 130 valence electrons. The minimum Gasteiger partial charge on any atom is -0.482 e. The number of benzene rings is 2. The number of ether oxygens (including phenoxy) is 1. The van der Waals surface area contributed by atoms with Gasteiger partial charge < -0.3 is 20.9 Å². The van der Waals surface area contributed by atoms with Gasteiger partial charge in [-0.2, -0.15) is 0 Å². The second-order valence-electron chi connectivity index (χ2n) is 5.37. The van der Waals surface area contributed by atoms with Crippen LogP contribution >= 0.6 is 0 Å². The summed E-state index contributed by atoms with van der Waals surface area (Å²) in [6, 6.07) is 13.7. The lowest BCUT2D eigenvalue weighted by Gasteiger charge is -2.07. The molecule has 2 aromatic carbocycles. The molecule has 2 rings (SSSR count). The van der Waals surface area contributed by atoms with E-state index in [0.29, 0.717) is 29.8 Å². The summed E-state index contributed by atoms with van der Waals surface area (Å²) in [7, 11) is 0. The van der Waals surface area contributed by atoms with Crippen LogP contribution in [-0.2, 0) is 16.0 Å². The van der Waals surface area contributed by atoms with Crippen molar-refractivity contribution in [2.75, 3.05) is 11.9 Å². The Balaban J connectivity index is 1.81. The fourth-order valence-electron chi connectivity index (χ4n) is 2.11. The van der Waals surface area contributed by atoms with Crippen LogP contribution in [0.1, 0.15) is 17.5 Å². The number of nitrogens with two attached hydrogens (primary N) is 1. The molecule has 0 saturated heterocycles. The first-order valence-electron chi connectivity index (χ1n) is 7.62. The molecular weight excluding hydrogens is 322 g/mol. The van der Waals surface area contributed by atoms with E-state index in [9.17, 15) is 9.59 Å². The van der Waals surface area contributed by atoms with Crippen LogP contribution in [0.25, 0.3) is 0 Å². The standard InChI is InChI=1S/C18H19N3O4/c19-18(20)13-4-6-14(7-5-13)21-16(22)10-3-12-1-8-15(9-2-12)25-11-17(23)24/h1-2,4-9H,3,10-11H2,(H3,19,20)(H,21,22)(H,23,24). The zero-order valence-corrected chi connectivity index (χ0v) is 13.5. The zero-order valence-electron chi connectivity index (χ0n) is 13.5. The summed E-state index contributed by atoms with van der Waals surface area (Å²) in [5, 5.41) is 18.7. The predicted octanol–water partition coefficient (Wildman–Crippen LogP) is 2.01. The molecule has 0 atom stereocenters. The van der Waals surface area contributed by atoms with Crippen LogP contribution in [-0.4, -0.2) is 29.4 Å². The van der Waals surface area contributed by atoms with E-state index in [2.05, 4.69) is 5.32 Å². The van der Waals surface area contributed by atoms with Crippen LogP contribution in [0.15, 0.2) is 48.5 Å². The highest BCUT2D eigenvalue weighted by molar-refractivity contribution is 5.96. The average molecular weight is 341 g/mol. The number of carbonyl (C=O) groups excluding carboxylic acids is 1. The van der Waals surface area contributed by atoms with Gasteiger partial charge >= 0.3 is 5.97 Å². The van der Waals surface area contributed by atoms with Crippen LogP contribution in [0.5, 0.6) is 5.75 Å². The Hall–Kier alpha value is -3.35. The summed E-state index contributed by atoms with van der Waals surface area (Å²) in [4.78, 5) is 22.4. The fraction of sp³-hybridized carbons (Fsp3) is 0.167. The Morgan fingerprint density at radius 3 is 2.28 bits per heavy atom. The maximum atomic E-state index is 12.0. The van der Waals surface area contributed by atoms with Crippen LogP contribution in [0.2, 0.25) is 0 Å². The van der Waals surface area contributed by atoms with Crippen LogP contribution in [0.3, 0.4) is 0 Å². The molecule has 0 heterocycles. The van der Waals surface area contributed by atoms with Gasteiger partial charge in [-0.05, 0) is 48.4 Å². The molecule has 0 aliphatic rings. The molecule has 5 N–H and O–H groups in total. The average Bonchev–Trinajstić information content (AvgIpc) is 2.59. The minimum absolute atomic E-state index is 0.0198. The van der Waals surface area contributed by atoms with Gasteiger partial charge in [0.1, 0.15) is 11.6 Å². The molecular formula is C18H19N3O4. The van der Waals surface area contributed by atoms with E-state index in [1.54, 1.807) is 48.5 Å². The molecule has 7 nitrogen and oxygen atoms in total. The summed E-state index contributed by atoms with van der Waals surface area (Å²) in [6.45, 7) is -0.385. The monoisotopic (exact) mass is 341 g/mol. The SMILES string of the molecule is N=C(N)c1ccc(NC(=O)CCc2ccc(OCC(=O)O)cc2)cc1. The van der Waals surface area contributed by atoms with Crippen molar-refractivity contribution in [3.8, 4) is 5.75 Å². The first-order chi connectivity index (χ1) is 11.9. The molecule has 0 radical (unpaired) electrons.